The number of sulfone groups is 1. The summed E-state index contributed by atoms with van der Waals surface area (Å²) in [6.45, 7) is 0. The second kappa shape index (κ2) is 8.10. The summed E-state index contributed by atoms with van der Waals surface area (Å²) in [4.78, 5) is 24.7. The first-order valence-electron chi connectivity index (χ1n) is 8.43. The van der Waals surface area contributed by atoms with Crippen molar-refractivity contribution in [1.29, 1.82) is 0 Å². The normalized spacial score (nSPS) is 11.0. The number of hydrazine groups is 1. The lowest BCUT2D eigenvalue weighted by Crippen LogP contribution is -2.41. The van der Waals surface area contributed by atoms with E-state index < -0.39 is 21.7 Å². The molecule has 0 unspecified atom stereocenters. The minimum Gasteiger partial charge on any atom is -0.323 e. The zero-order valence-electron chi connectivity index (χ0n) is 15.1. The van der Waals surface area contributed by atoms with Crippen LogP contribution >= 0.6 is 0 Å². The average molecular weight is 397 g/mol. The summed E-state index contributed by atoms with van der Waals surface area (Å²) in [6, 6.07) is 16.9. The third kappa shape index (κ3) is 4.86. The Balaban J connectivity index is 1.66. The van der Waals surface area contributed by atoms with E-state index >= 15 is 0 Å². The average Bonchev–Trinajstić information content (AvgIpc) is 3.20. The SMILES string of the molecule is CS(=O)(=O)Cc1ccc(C(=O)NNC(=O)c2ccccc2-n2cccc2)cc1. The Kier molecular flexibility index (Phi) is 5.60. The fraction of sp³-hybridized carbons (Fsp3) is 0.100. The molecule has 1 heterocycles. The summed E-state index contributed by atoms with van der Waals surface area (Å²) in [5, 5.41) is 0. The molecule has 2 aromatic carbocycles. The van der Waals surface area contributed by atoms with Crippen molar-refractivity contribution in [3.8, 4) is 5.69 Å². The van der Waals surface area contributed by atoms with Crippen molar-refractivity contribution in [1.82, 2.24) is 15.4 Å². The second-order valence-corrected chi connectivity index (χ2v) is 8.42. The molecule has 0 aliphatic heterocycles. The molecule has 2 N–H and O–H groups in total. The number of carbonyl (C=O) groups is 2. The van der Waals surface area contributed by atoms with Crippen LogP contribution in [0.5, 0.6) is 0 Å². The number of aromatic nitrogens is 1. The molecule has 0 saturated heterocycles. The van der Waals surface area contributed by atoms with E-state index in [1.807, 2.05) is 30.6 Å². The minimum absolute atomic E-state index is 0.0954. The number of nitrogens with one attached hydrogen (secondary N) is 2. The third-order valence-corrected chi connectivity index (χ3v) is 4.82. The van der Waals surface area contributed by atoms with E-state index in [9.17, 15) is 18.0 Å². The number of amides is 2. The highest BCUT2D eigenvalue weighted by Crippen LogP contribution is 2.14. The van der Waals surface area contributed by atoms with Crippen LogP contribution in [-0.4, -0.2) is 31.1 Å². The maximum absolute atomic E-state index is 12.5. The van der Waals surface area contributed by atoms with Crippen molar-refractivity contribution < 1.29 is 18.0 Å². The van der Waals surface area contributed by atoms with Gasteiger partial charge in [-0.2, -0.15) is 0 Å². The molecule has 0 aliphatic carbocycles. The number of nitrogens with zero attached hydrogens (tertiary/aromatic N) is 1. The maximum atomic E-state index is 12.5. The first-order valence-corrected chi connectivity index (χ1v) is 10.5. The molecule has 144 valence electrons. The Labute approximate surface area is 162 Å². The van der Waals surface area contributed by atoms with E-state index in [1.54, 1.807) is 34.9 Å². The van der Waals surface area contributed by atoms with Crippen LogP contribution in [0.25, 0.3) is 5.69 Å². The quantitative estimate of drug-likeness (QED) is 0.644. The number of hydrogen-bond acceptors (Lipinski definition) is 4. The highest BCUT2D eigenvalue weighted by molar-refractivity contribution is 7.89. The van der Waals surface area contributed by atoms with Crippen molar-refractivity contribution in [3.05, 3.63) is 89.7 Å². The Morgan fingerprint density at radius 2 is 1.46 bits per heavy atom. The van der Waals surface area contributed by atoms with Gasteiger partial charge in [0.1, 0.15) is 0 Å². The van der Waals surface area contributed by atoms with Gasteiger partial charge in [-0.15, -0.1) is 0 Å². The lowest BCUT2D eigenvalue weighted by molar-refractivity contribution is 0.0846. The van der Waals surface area contributed by atoms with Crippen LogP contribution in [-0.2, 0) is 15.6 Å². The number of hydrogen-bond donors (Lipinski definition) is 2. The Bertz CT molecular complexity index is 1090. The molecule has 0 bridgehead atoms. The predicted octanol–water partition coefficient (Wildman–Crippen LogP) is 2.10. The molecule has 0 atom stereocenters. The van der Waals surface area contributed by atoms with Gasteiger partial charge >= 0.3 is 0 Å². The fourth-order valence-electron chi connectivity index (χ4n) is 2.69. The van der Waals surface area contributed by atoms with Crippen LogP contribution < -0.4 is 10.9 Å². The Morgan fingerprint density at radius 1 is 0.857 bits per heavy atom. The van der Waals surface area contributed by atoms with Gasteiger partial charge in [0, 0.05) is 24.2 Å². The molecule has 28 heavy (non-hydrogen) atoms. The molecule has 0 spiro atoms. The van der Waals surface area contributed by atoms with Crippen molar-refractivity contribution in [2.45, 2.75) is 5.75 Å². The Hall–Kier alpha value is -3.39. The topological polar surface area (TPSA) is 97.3 Å². The molecule has 0 fully saturated rings. The zero-order chi connectivity index (χ0) is 20.1. The number of rotatable bonds is 5. The molecular weight excluding hydrogens is 378 g/mol. The van der Waals surface area contributed by atoms with Crippen LogP contribution in [0.1, 0.15) is 26.3 Å². The molecule has 8 heteroatoms. The van der Waals surface area contributed by atoms with Crippen molar-refractivity contribution >= 4 is 21.7 Å². The minimum atomic E-state index is -3.14. The fourth-order valence-corrected chi connectivity index (χ4v) is 3.49. The van der Waals surface area contributed by atoms with Gasteiger partial charge in [0.05, 0.1) is 17.0 Å². The summed E-state index contributed by atoms with van der Waals surface area (Å²) >= 11 is 0. The first kappa shape index (κ1) is 19.4. The molecule has 7 nitrogen and oxygen atoms in total. The van der Waals surface area contributed by atoms with E-state index in [1.165, 1.54) is 12.1 Å². The van der Waals surface area contributed by atoms with Crippen molar-refractivity contribution in [2.24, 2.45) is 0 Å². The Morgan fingerprint density at radius 3 is 2.11 bits per heavy atom. The van der Waals surface area contributed by atoms with Crippen LogP contribution in [0.4, 0.5) is 0 Å². The van der Waals surface area contributed by atoms with Gasteiger partial charge in [0.15, 0.2) is 9.84 Å². The highest BCUT2D eigenvalue weighted by atomic mass is 32.2. The van der Waals surface area contributed by atoms with Gasteiger partial charge in [-0.05, 0) is 42.0 Å². The molecule has 2 amide bonds. The third-order valence-electron chi connectivity index (χ3n) is 3.97. The van der Waals surface area contributed by atoms with Crippen LogP contribution in [0.3, 0.4) is 0 Å². The standard InChI is InChI=1S/C20H19N3O4S/c1-28(26,27)14-15-8-10-16(11-9-15)19(24)21-22-20(25)17-6-2-3-7-18(17)23-12-4-5-13-23/h2-13H,14H2,1H3,(H,21,24)(H,22,25). The van der Waals surface area contributed by atoms with Gasteiger partial charge in [-0.3, -0.25) is 20.4 Å². The van der Waals surface area contributed by atoms with E-state index in [4.69, 9.17) is 0 Å². The molecule has 3 aromatic rings. The highest BCUT2D eigenvalue weighted by Gasteiger charge is 2.14. The van der Waals surface area contributed by atoms with Crippen LogP contribution in [0, 0.1) is 0 Å². The summed E-state index contributed by atoms with van der Waals surface area (Å²) in [7, 11) is -3.14. The molecule has 0 radical (unpaired) electrons. The van der Waals surface area contributed by atoms with Gasteiger partial charge in [-0.1, -0.05) is 24.3 Å². The summed E-state index contributed by atoms with van der Waals surface area (Å²) < 4.78 is 24.4. The summed E-state index contributed by atoms with van der Waals surface area (Å²) in [6.07, 6.45) is 4.79. The molecule has 3 rings (SSSR count). The molecule has 0 saturated carbocycles. The predicted molar refractivity (Wildman–Crippen MR) is 106 cm³/mol. The molecular formula is C20H19N3O4S. The van der Waals surface area contributed by atoms with Crippen molar-refractivity contribution in [3.63, 3.8) is 0 Å². The van der Waals surface area contributed by atoms with E-state index in [2.05, 4.69) is 10.9 Å². The second-order valence-electron chi connectivity index (χ2n) is 6.28. The largest absolute Gasteiger partial charge is 0.323 e. The maximum Gasteiger partial charge on any atom is 0.271 e. The van der Waals surface area contributed by atoms with Crippen LogP contribution in [0.15, 0.2) is 73.1 Å². The van der Waals surface area contributed by atoms with Gasteiger partial charge in [-0.25, -0.2) is 8.42 Å². The lowest BCUT2D eigenvalue weighted by atomic mass is 10.1. The van der Waals surface area contributed by atoms with Gasteiger partial charge in [0.25, 0.3) is 11.8 Å². The van der Waals surface area contributed by atoms with Gasteiger partial charge in [0.2, 0.25) is 0 Å². The monoisotopic (exact) mass is 397 g/mol. The first-order chi connectivity index (χ1) is 13.3. The van der Waals surface area contributed by atoms with Gasteiger partial charge < -0.3 is 4.57 Å². The number of carbonyl (C=O) groups excluding carboxylic acids is 2. The smallest absolute Gasteiger partial charge is 0.271 e. The summed E-state index contributed by atoms with van der Waals surface area (Å²) in [5.74, 6) is -1.05. The lowest BCUT2D eigenvalue weighted by Gasteiger charge is -2.12. The summed E-state index contributed by atoms with van der Waals surface area (Å²) in [5.41, 5.74) is 6.75. The number of para-hydroxylation sites is 1. The van der Waals surface area contributed by atoms with Crippen LogP contribution in [0.2, 0.25) is 0 Å². The molecule has 1 aromatic heterocycles. The van der Waals surface area contributed by atoms with E-state index in [-0.39, 0.29) is 5.75 Å². The zero-order valence-corrected chi connectivity index (χ0v) is 15.9. The number of benzene rings is 2. The molecule has 0 aliphatic rings. The van der Waals surface area contributed by atoms with E-state index in [0.717, 1.165) is 6.26 Å². The van der Waals surface area contributed by atoms with E-state index in [0.29, 0.717) is 22.4 Å². The van der Waals surface area contributed by atoms with Crippen molar-refractivity contribution in [2.75, 3.05) is 6.26 Å².